The number of hydrogen-bond donors (Lipinski definition) is 0. The zero-order valence-electron chi connectivity index (χ0n) is 25.3. The third kappa shape index (κ3) is 3.23. The quantitative estimate of drug-likeness (QED) is 0.177. The van der Waals surface area contributed by atoms with E-state index in [-0.39, 0.29) is 0 Å². The van der Waals surface area contributed by atoms with E-state index >= 15 is 0 Å². The van der Waals surface area contributed by atoms with Crippen molar-refractivity contribution in [3.63, 3.8) is 0 Å². The Kier molecular flexibility index (Phi) is 4.91. The fourth-order valence-electron chi connectivity index (χ4n) is 8.38. The Labute approximate surface area is 262 Å². The minimum atomic E-state index is -1.94. The van der Waals surface area contributed by atoms with E-state index in [0.717, 1.165) is 0 Å². The summed E-state index contributed by atoms with van der Waals surface area (Å²) < 4.78 is 5.02. The van der Waals surface area contributed by atoms with Gasteiger partial charge in [0.2, 0.25) is 0 Å². The molecular weight excluding hydrogens is 561 g/mol. The number of nitrogens with zero attached hydrogens (tertiary/aromatic N) is 2. The van der Waals surface area contributed by atoms with E-state index in [4.69, 9.17) is 0 Å². The summed E-state index contributed by atoms with van der Waals surface area (Å²) in [4.78, 5) is 0. The number of fused-ring (bicyclic) bond motifs is 11. The normalized spacial score (nSPS) is 13.7. The summed E-state index contributed by atoms with van der Waals surface area (Å²) in [6.07, 6.45) is 0. The number of rotatable bonds is 2. The van der Waals surface area contributed by atoms with Gasteiger partial charge in [-0.25, -0.2) is 0 Å². The highest BCUT2D eigenvalue weighted by molar-refractivity contribution is 7.04. The van der Waals surface area contributed by atoms with Crippen molar-refractivity contribution in [2.45, 2.75) is 13.1 Å². The van der Waals surface area contributed by atoms with Crippen molar-refractivity contribution in [1.29, 1.82) is 0 Å². The molecule has 0 saturated heterocycles. The average Bonchev–Trinajstić information content (AvgIpc) is 3.68. The summed E-state index contributed by atoms with van der Waals surface area (Å²) in [5.74, 6) is 0. The lowest BCUT2D eigenvalue weighted by atomic mass is 10.0. The molecule has 2 nitrogen and oxygen atoms in total. The molecule has 0 N–H and O–H groups in total. The standard InChI is InChI=1S/C42H30N2Si/c1-45(2)39-21-10-7-14-30(39)31-17-11-20-38(42(31)45)44-35-19-9-6-16-33(35)41-37(44)25-24-36-40(41)32-15-5-8-18-34(32)43(36)29-23-22-27-12-3-4-13-28(27)26-29/h3-26H,1-2H3. The summed E-state index contributed by atoms with van der Waals surface area (Å²) in [5, 5.41) is 10.8. The van der Waals surface area contributed by atoms with Crippen LogP contribution in [-0.2, 0) is 0 Å². The third-order valence-electron chi connectivity index (χ3n) is 10.3. The first-order valence-corrected chi connectivity index (χ1v) is 18.8. The van der Waals surface area contributed by atoms with Crippen LogP contribution in [-0.4, -0.2) is 17.2 Å². The van der Waals surface area contributed by atoms with Crippen LogP contribution in [0.2, 0.25) is 13.1 Å². The molecule has 9 aromatic rings. The van der Waals surface area contributed by atoms with Gasteiger partial charge in [-0.3, -0.25) is 0 Å². The van der Waals surface area contributed by atoms with E-state index in [1.165, 1.54) is 87.3 Å². The lowest BCUT2D eigenvalue weighted by Gasteiger charge is -2.23. The molecule has 0 radical (unpaired) electrons. The second kappa shape index (κ2) is 8.84. The number of para-hydroxylation sites is 2. The van der Waals surface area contributed by atoms with Crippen LogP contribution in [0.3, 0.4) is 0 Å². The molecule has 2 aromatic heterocycles. The van der Waals surface area contributed by atoms with Crippen LogP contribution < -0.4 is 10.4 Å². The van der Waals surface area contributed by atoms with E-state index in [1.54, 1.807) is 0 Å². The zero-order chi connectivity index (χ0) is 29.9. The van der Waals surface area contributed by atoms with Crippen LogP contribution in [0.4, 0.5) is 0 Å². The highest BCUT2D eigenvalue weighted by Crippen LogP contribution is 2.43. The lowest BCUT2D eigenvalue weighted by molar-refractivity contribution is 1.18. The smallest absolute Gasteiger partial charge is 0.116 e. The fraction of sp³-hybridized carbons (Fsp3) is 0.0476. The molecular formula is C42H30N2Si. The van der Waals surface area contributed by atoms with Gasteiger partial charge in [-0.2, -0.15) is 0 Å². The summed E-state index contributed by atoms with van der Waals surface area (Å²) in [7, 11) is -1.94. The van der Waals surface area contributed by atoms with Gasteiger partial charge in [-0.05, 0) is 74.7 Å². The fourth-order valence-corrected chi connectivity index (χ4v) is 11.8. The highest BCUT2D eigenvalue weighted by atomic mass is 28.3. The van der Waals surface area contributed by atoms with Crippen molar-refractivity contribution >= 4 is 72.8 Å². The van der Waals surface area contributed by atoms with Crippen molar-refractivity contribution in [1.82, 2.24) is 9.13 Å². The van der Waals surface area contributed by atoms with Gasteiger partial charge in [0.25, 0.3) is 0 Å². The van der Waals surface area contributed by atoms with Crippen molar-refractivity contribution in [2.75, 3.05) is 0 Å². The van der Waals surface area contributed by atoms with Gasteiger partial charge in [-0.15, -0.1) is 0 Å². The van der Waals surface area contributed by atoms with Crippen molar-refractivity contribution in [2.24, 2.45) is 0 Å². The second-order valence-electron chi connectivity index (χ2n) is 13.0. The molecule has 0 atom stereocenters. The van der Waals surface area contributed by atoms with E-state index in [2.05, 4.69) is 168 Å². The molecule has 3 heteroatoms. The zero-order valence-corrected chi connectivity index (χ0v) is 26.3. The minimum absolute atomic E-state index is 1.19. The second-order valence-corrected chi connectivity index (χ2v) is 17.2. The molecule has 0 bridgehead atoms. The Hall–Kier alpha value is -5.38. The topological polar surface area (TPSA) is 9.86 Å². The molecule has 1 aliphatic heterocycles. The molecule has 0 unspecified atom stereocenters. The summed E-state index contributed by atoms with van der Waals surface area (Å²) >= 11 is 0. The van der Waals surface area contributed by atoms with Gasteiger partial charge in [0.15, 0.2) is 0 Å². The Morgan fingerprint density at radius 2 is 1.04 bits per heavy atom. The van der Waals surface area contributed by atoms with Crippen LogP contribution in [0, 0.1) is 0 Å². The van der Waals surface area contributed by atoms with E-state index in [9.17, 15) is 0 Å². The predicted octanol–water partition coefficient (Wildman–Crippen LogP) is 9.84. The molecule has 10 rings (SSSR count). The Balaban J connectivity index is 1.34. The SMILES string of the molecule is C[Si]1(C)c2ccccc2-c2cccc(-n3c4ccccc4c4c5c6ccccc6n(-c6ccc7ccccc7c6)c5ccc43)c21. The lowest BCUT2D eigenvalue weighted by Crippen LogP contribution is -2.50. The number of hydrogen-bond acceptors (Lipinski definition) is 0. The Bertz CT molecular complexity index is 2690. The van der Waals surface area contributed by atoms with Crippen molar-refractivity contribution in [3.05, 3.63) is 146 Å². The molecule has 0 aliphatic carbocycles. The highest BCUT2D eigenvalue weighted by Gasteiger charge is 2.39. The molecule has 212 valence electrons. The molecule has 45 heavy (non-hydrogen) atoms. The first-order valence-electron chi connectivity index (χ1n) is 15.8. The maximum atomic E-state index is 2.56. The average molecular weight is 591 g/mol. The van der Waals surface area contributed by atoms with Gasteiger partial charge in [0, 0.05) is 32.9 Å². The first-order chi connectivity index (χ1) is 22.1. The largest absolute Gasteiger partial charge is 0.309 e. The Morgan fingerprint density at radius 1 is 0.444 bits per heavy atom. The summed E-state index contributed by atoms with van der Waals surface area (Å²) in [5.41, 5.74) is 10.3. The monoisotopic (exact) mass is 590 g/mol. The van der Waals surface area contributed by atoms with Crippen LogP contribution >= 0.6 is 0 Å². The van der Waals surface area contributed by atoms with E-state index in [1.807, 2.05) is 0 Å². The minimum Gasteiger partial charge on any atom is -0.309 e. The molecule has 0 fully saturated rings. The number of aromatic nitrogens is 2. The molecule has 0 amide bonds. The number of benzene rings is 7. The van der Waals surface area contributed by atoms with Crippen LogP contribution in [0.1, 0.15) is 0 Å². The van der Waals surface area contributed by atoms with Gasteiger partial charge in [-0.1, -0.05) is 116 Å². The van der Waals surface area contributed by atoms with Crippen molar-refractivity contribution < 1.29 is 0 Å². The molecule has 7 aromatic carbocycles. The summed E-state index contributed by atoms with van der Waals surface area (Å²) in [6, 6.07) is 54.1. The van der Waals surface area contributed by atoms with Gasteiger partial charge >= 0.3 is 0 Å². The maximum absolute atomic E-state index is 2.56. The van der Waals surface area contributed by atoms with Gasteiger partial charge in [0.05, 0.1) is 22.1 Å². The van der Waals surface area contributed by atoms with Gasteiger partial charge < -0.3 is 9.13 Å². The van der Waals surface area contributed by atoms with E-state index < -0.39 is 8.07 Å². The predicted molar refractivity (Wildman–Crippen MR) is 195 cm³/mol. The first kappa shape index (κ1) is 25.0. The van der Waals surface area contributed by atoms with Crippen LogP contribution in [0.5, 0.6) is 0 Å². The van der Waals surface area contributed by atoms with E-state index in [0.29, 0.717) is 0 Å². The molecule has 0 spiro atoms. The Morgan fingerprint density at radius 3 is 1.82 bits per heavy atom. The van der Waals surface area contributed by atoms with Gasteiger partial charge in [0.1, 0.15) is 8.07 Å². The van der Waals surface area contributed by atoms with Crippen molar-refractivity contribution in [3.8, 4) is 22.5 Å². The molecule has 1 aliphatic rings. The maximum Gasteiger partial charge on any atom is 0.116 e. The summed E-state index contributed by atoms with van der Waals surface area (Å²) in [6.45, 7) is 5.04. The van der Waals surface area contributed by atoms with Crippen LogP contribution in [0.25, 0.3) is 76.9 Å². The van der Waals surface area contributed by atoms with Crippen LogP contribution in [0.15, 0.2) is 146 Å². The third-order valence-corrected chi connectivity index (χ3v) is 13.8. The molecule has 0 saturated carbocycles. The molecule has 3 heterocycles.